The molecular formula is C6H9F3O4S. The molecule has 1 aliphatic heterocycles. The van der Waals surface area contributed by atoms with Crippen molar-refractivity contribution < 1.29 is 30.5 Å². The van der Waals surface area contributed by atoms with Crippen LogP contribution in [0.2, 0.25) is 0 Å². The molecule has 0 unspecified atom stereocenters. The maximum absolute atomic E-state index is 11.8. The zero-order chi connectivity index (χ0) is 10.8. The van der Waals surface area contributed by atoms with Gasteiger partial charge in [0.05, 0.1) is 6.61 Å². The highest BCUT2D eigenvalue weighted by atomic mass is 32.2. The van der Waals surface area contributed by atoms with Crippen molar-refractivity contribution in [3.8, 4) is 0 Å². The van der Waals surface area contributed by atoms with E-state index in [-0.39, 0.29) is 13.0 Å². The summed E-state index contributed by atoms with van der Waals surface area (Å²) in [5.41, 5.74) is -5.36. The molecule has 1 rings (SSSR count). The van der Waals surface area contributed by atoms with E-state index in [1.54, 1.807) is 0 Å². The number of hydrogen-bond acceptors (Lipinski definition) is 4. The molecule has 84 valence electrons. The molecule has 0 bridgehead atoms. The van der Waals surface area contributed by atoms with Crippen molar-refractivity contribution in [3.63, 3.8) is 0 Å². The fraction of sp³-hybridized carbons (Fsp3) is 1.00. The average Bonchev–Trinajstić information content (AvgIpc) is 2.03. The minimum Gasteiger partial charge on any atom is -0.379 e. The first-order valence-electron chi connectivity index (χ1n) is 3.90. The van der Waals surface area contributed by atoms with Crippen molar-refractivity contribution in [2.45, 2.75) is 24.5 Å². The Labute approximate surface area is 79.1 Å². The molecule has 0 aromatic heterocycles. The van der Waals surface area contributed by atoms with E-state index in [0.717, 1.165) is 0 Å². The van der Waals surface area contributed by atoms with Crippen LogP contribution in [0.4, 0.5) is 13.2 Å². The van der Waals surface area contributed by atoms with Crippen LogP contribution in [0.15, 0.2) is 0 Å². The highest BCUT2D eigenvalue weighted by Gasteiger charge is 2.48. The van der Waals surface area contributed by atoms with Gasteiger partial charge in [-0.1, -0.05) is 0 Å². The average molecular weight is 234 g/mol. The lowest BCUT2D eigenvalue weighted by molar-refractivity contribution is -0.0651. The molecule has 14 heavy (non-hydrogen) atoms. The van der Waals surface area contributed by atoms with Gasteiger partial charge in [0.25, 0.3) is 0 Å². The lowest BCUT2D eigenvalue weighted by Crippen LogP contribution is -2.34. The first-order chi connectivity index (χ1) is 6.33. The standard InChI is InChI=1S/C6H9F3O4S/c7-6(8,9)14(10,11)13-5-2-1-3-12-4-5/h5H,1-4H2/t5-/m0/s1. The Hall–Kier alpha value is -0.340. The van der Waals surface area contributed by atoms with Gasteiger partial charge in [-0.3, -0.25) is 4.18 Å². The summed E-state index contributed by atoms with van der Waals surface area (Å²) < 4.78 is 65.3. The number of ether oxygens (including phenoxy) is 1. The molecular weight excluding hydrogens is 225 g/mol. The summed E-state index contributed by atoms with van der Waals surface area (Å²) in [5.74, 6) is 0. The van der Waals surface area contributed by atoms with E-state index in [2.05, 4.69) is 4.18 Å². The molecule has 1 atom stereocenters. The molecule has 0 radical (unpaired) electrons. The van der Waals surface area contributed by atoms with Gasteiger partial charge in [0.2, 0.25) is 0 Å². The Morgan fingerprint density at radius 2 is 2.00 bits per heavy atom. The first kappa shape index (κ1) is 11.7. The molecule has 0 aromatic carbocycles. The predicted molar refractivity (Wildman–Crippen MR) is 39.9 cm³/mol. The van der Waals surface area contributed by atoms with Crippen molar-refractivity contribution in [1.29, 1.82) is 0 Å². The van der Waals surface area contributed by atoms with Gasteiger partial charge in [-0.15, -0.1) is 0 Å². The van der Waals surface area contributed by atoms with Gasteiger partial charge >= 0.3 is 15.6 Å². The topological polar surface area (TPSA) is 52.6 Å². The third-order valence-electron chi connectivity index (χ3n) is 1.66. The Morgan fingerprint density at radius 1 is 1.36 bits per heavy atom. The van der Waals surface area contributed by atoms with Crippen molar-refractivity contribution in [2.75, 3.05) is 13.2 Å². The van der Waals surface area contributed by atoms with Gasteiger partial charge in [-0.2, -0.15) is 21.6 Å². The van der Waals surface area contributed by atoms with E-state index in [1.807, 2.05) is 0 Å². The maximum atomic E-state index is 11.8. The van der Waals surface area contributed by atoms with E-state index in [4.69, 9.17) is 4.74 Å². The van der Waals surface area contributed by atoms with Crippen LogP contribution in [0.5, 0.6) is 0 Å². The van der Waals surface area contributed by atoms with E-state index in [1.165, 1.54) is 0 Å². The van der Waals surface area contributed by atoms with Gasteiger partial charge in [-0.05, 0) is 12.8 Å². The maximum Gasteiger partial charge on any atom is 0.523 e. The van der Waals surface area contributed by atoms with Gasteiger partial charge in [0.15, 0.2) is 0 Å². The zero-order valence-electron chi connectivity index (χ0n) is 7.08. The third-order valence-corrected chi connectivity index (χ3v) is 2.76. The summed E-state index contributed by atoms with van der Waals surface area (Å²) in [6.07, 6.45) is -0.261. The van der Waals surface area contributed by atoms with E-state index in [0.29, 0.717) is 13.0 Å². The largest absolute Gasteiger partial charge is 0.523 e. The summed E-state index contributed by atoms with van der Waals surface area (Å²) in [6.45, 7) is 0.307. The molecule has 0 aliphatic carbocycles. The second-order valence-electron chi connectivity index (χ2n) is 2.84. The molecule has 0 aromatic rings. The highest BCUT2D eigenvalue weighted by molar-refractivity contribution is 7.87. The van der Waals surface area contributed by atoms with Crippen LogP contribution in [-0.4, -0.2) is 33.2 Å². The Balaban J connectivity index is 2.58. The number of rotatable bonds is 2. The van der Waals surface area contributed by atoms with E-state index < -0.39 is 21.7 Å². The van der Waals surface area contributed by atoms with Gasteiger partial charge in [0, 0.05) is 6.61 Å². The molecule has 0 saturated carbocycles. The normalized spacial score (nSPS) is 24.9. The van der Waals surface area contributed by atoms with Crippen molar-refractivity contribution >= 4 is 10.1 Å². The Morgan fingerprint density at radius 3 is 2.43 bits per heavy atom. The van der Waals surface area contributed by atoms with Crippen LogP contribution in [0.3, 0.4) is 0 Å². The quantitative estimate of drug-likeness (QED) is 0.529. The lowest BCUT2D eigenvalue weighted by Gasteiger charge is -2.22. The van der Waals surface area contributed by atoms with Gasteiger partial charge < -0.3 is 4.74 Å². The Bertz CT molecular complexity index is 278. The second kappa shape index (κ2) is 4.03. The molecule has 0 amide bonds. The number of alkyl halides is 3. The van der Waals surface area contributed by atoms with Crippen molar-refractivity contribution in [2.24, 2.45) is 0 Å². The molecule has 4 nitrogen and oxygen atoms in total. The zero-order valence-corrected chi connectivity index (χ0v) is 7.90. The van der Waals surface area contributed by atoms with Crippen LogP contribution < -0.4 is 0 Å². The number of hydrogen-bond donors (Lipinski definition) is 0. The first-order valence-corrected chi connectivity index (χ1v) is 5.31. The van der Waals surface area contributed by atoms with E-state index in [9.17, 15) is 21.6 Å². The summed E-state index contributed by atoms with van der Waals surface area (Å²) in [5, 5.41) is 0. The summed E-state index contributed by atoms with van der Waals surface area (Å²) >= 11 is 0. The SMILES string of the molecule is O=S(=O)(O[C@H]1CCCOC1)C(F)(F)F. The van der Waals surface area contributed by atoms with Crippen molar-refractivity contribution in [1.82, 2.24) is 0 Å². The molecule has 1 aliphatic rings. The van der Waals surface area contributed by atoms with Crippen LogP contribution in [0.25, 0.3) is 0 Å². The lowest BCUT2D eigenvalue weighted by atomic mass is 10.2. The smallest absolute Gasteiger partial charge is 0.379 e. The molecule has 8 heteroatoms. The van der Waals surface area contributed by atoms with Crippen LogP contribution in [0, 0.1) is 0 Å². The summed E-state index contributed by atoms with van der Waals surface area (Å²) in [4.78, 5) is 0. The summed E-state index contributed by atoms with van der Waals surface area (Å²) in [7, 11) is -5.48. The minimum atomic E-state index is -5.48. The second-order valence-corrected chi connectivity index (χ2v) is 4.40. The number of halogens is 3. The monoisotopic (exact) mass is 234 g/mol. The van der Waals surface area contributed by atoms with E-state index >= 15 is 0 Å². The van der Waals surface area contributed by atoms with Crippen molar-refractivity contribution in [3.05, 3.63) is 0 Å². The van der Waals surface area contributed by atoms with Crippen LogP contribution >= 0.6 is 0 Å². The molecule has 0 spiro atoms. The van der Waals surface area contributed by atoms with Crippen LogP contribution in [-0.2, 0) is 19.0 Å². The third kappa shape index (κ3) is 2.82. The molecule has 1 saturated heterocycles. The van der Waals surface area contributed by atoms with Crippen LogP contribution in [0.1, 0.15) is 12.8 Å². The minimum absolute atomic E-state index is 0.116. The summed E-state index contributed by atoms with van der Waals surface area (Å²) in [6, 6.07) is 0. The molecule has 0 N–H and O–H groups in total. The molecule has 1 heterocycles. The van der Waals surface area contributed by atoms with Gasteiger partial charge in [0.1, 0.15) is 6.10 Å². The Kier molecular flexibility index (Phi) is 3.38. The predicted octanol–water partition coefficient (Wildman–Crippen LogP) is 1.03. The fourth-order valence-electron chi connectivity index (χ4n) is 1.02. The fourth-order valence-corrected chi connectivity index (χ4v) is 1.64. The van der Waals surface area contributed by atoms with Gasteiger partial charge in [-0.25, -0.2) is 0 Å². The highest BCUT2D eigenvalue weighted by Crippen LogP contribution is 2.27. The molecule has 1 fully saturated rings.